The molecule has 1 atom stereocenters. The highest BCUT2D eigenvalue weighted by molar-refractivity contribution is 5.81. The third-order valence-corrected chi connectivity index (χ3v) is 6.19. The molecule has 2 aromatic heterocycles. The third kappa shape index (κ3) is 4.11. The summed E-state index contributed by atoms with van der Waals surface area (Å²) >= 11 is 0. The van der Waals surface area contributed by atoms with Gasteiger partial charge in [0, 0.05) is 56.3 Å². The van der Waals surface area contributed by atoms with Crippen molar-refractivity contribution < 1.29 is 14.3 Å². The first kappa shape index (κ1) is 21.5. The predicted molar refractivity (Wildman–Crippen MR) is 115 cm³/mol. The molecule has 2 aliphatic heterocycles. The zero-order chi connectivity index (χ0) is 22.3. The minimum atomic E-state index is -0.411. The van der Waals surface area contributed by atoms with Gasteiger partial charge in [-0.25, -0.2) is 9.50 Å². The number of piperidine rings is 1. The Morgan fingerprint density at radius 2 is 2.03 bits per heavy atom. The highest BCUT2D eigenvalue weighted by atomic mass is 16.5. The summed E-state index contributed by atoms with van der Waals surface area (Å²) in [5, 5.41) is 3.23. The van der Waals surface area contributed by atoms with E-state index in [-0.39, 0.29) is 36.4 Å². The number of methoxy groups -OCH3 is 1. The SMILES string of the molecule is COCC(=O)N1CCc2nc3cc([C@@H]4CCCN(C(=O)C(C)(C)C)C4)[nH]n3c(=O)c2C1. The molecule has 4 rings (SSSR count). The maximum atomic E-state index is 13.2. The van der Waals surface area contributed by atoms with E-state index < -0.39 is 5.41 Å². The summed E-state index contributed by atoms with van der Waals surface area (Å²) in [4.78, 5) is 46.4. The van der Waals surface area contributed by atoms with E-state index in [0.29, 0.717) is 30.7 Å². The highest BCUT2D eigenvalue weighted by Crippen LogP contribution is 2.29. The summed E-state index contributed by atoms with van der Waals surface area (Å²) in [6.45, 7) is 8.01. The summed E-state index contributed by atoms with van der Waals surface area (Å²) in [6, 6.07) is 1.93. The molecule has 1 N–H and O–H groups in total. The lowest BCUT2D eigenvalue weighted by Gasteiger charge is -2.36. The van der Waals surface area contributed by atoms with Crippen molar-refractivity contribution in [3.05, 3.63) is 33.4 Å². The van der Waals surface area contributed by atoms with Crippen molar-refractivity contribution in [3.8, 4) is 0 Å². The molecule has 2 aliphatic rings. The van der Waals surface area contributed by atoms with Crippen LogP contribution in [0.2, 0.25) is 0 Å². The molecule has 1 saturated heterocycles. The van der Waals surface area contributed by atoms with Crippen LogP contribution < -0.4 is 5.56 Å². The Hall–Kier alpha value is -2.68. The number of rotatable bonds is 3. The van der Waals surface area contributed by atoms with Crippen LogP contribution in [-0.4, -0.2) is 69.6 Å². The second-order valence-electron chi connectivity index (χ2n) is 9.59. The minimum absolute atomic E-state index is 0.00442. The van der Waals surface area contributed by atoms with Gasteiger partial charge in [0.25, 0.3) is 5.56 Å². The topological polar surface area (TPSA) is 100 Å². The zero-order valence-corrected chi connectivity index (χ0v) is 18.7. The lowest BCUT2D eigenvalue weighted by molar-refractivity contribution is -0.140. The number of amides is 2. The maximum absolute atomic E-state index is 13.2. The van der Waals surface area contributed by atoms with Gasteiger partial charge in [-0.2, -0.15) is 0 Å². The van der Waals surface area contributed by atoms with E-state index >= 15 is 0 Å². The molecule has 0 aliphatic carbocycles. The lowest BCUT2D eigenvalue weighted by Crippen LogP contribution is -2.44. The van der Waals surface area contributed by atoms with Crippen molar-refractivity contribution in [2.45, 2.75) is 52.5 Å². The fourth-order valence-electron chi connectivity index (χ4n) is 4.53. The molecule has 0 spiro atoms. The Morgan fingerprint density at radius 1 is 1.26 bits per heavy atom. The average molecular weight is 430 g/mol. The van der Waals surface area contributed by atoms with Crippen LogP contribution in [0.1, 0.15) is 56.5 Å². The van der Waals surface area contributed by atoms with Gasteiger partial charge in [-0.3, -0.25) is 19.5 Å². The summed E-state index contributed by atoms with van der Waals surface area (Å²) in [7, 11) is 1.48. The number of ether oxygens (including phenoxy) is 1. The van der Waals surface area contributed by atoms with Crippen LogP contribution >= 0.6 is 0 Å². The smallest absolute Gasteiger partial charge is 0.277 e. The summed E-state index contributed by atoms with van der Waals surface area (Å²) in [6.07, 6.45) is 2.43. The Balaban J connectivity index is 1.61. The first-order valence-corrected chi connectivity index (χ1v) is 10.9. The zero-order valence-electron chi connectivity index (χ0n) is 18.7. The fourth-order valence-corrected chi connectivity index (χ4v) is 4.53. The van der Waals surface area contributed by atoms with Gasteiger partial charge in [0.1, 0.15) is 6.61 Å². The first-order chi connectivity index (χ1) is 14.7. The number of nitrogens with zero attached hydrogens (tertiary/aromatic N) is 4. The Morgan fingerprint density at radius 3 is 2.74 bits per heavy atom. The van der Waals surface area contributed by atoms with Crippen molar-refractivity contribution in [1.82, 2.24) is 24.4 Å². The minimum Gasteiger partial charge on any atom is -0.375 e. The van der Waals surface area contributed by atoms with Crippen molar-refractivity contribution in [3.63, 3.8) is 0 Å². The number of hydrogen-bond donors (Lipinski definition) is 1. The van der Waals surface area contributed by atoms with Crippen LogP contribution in [0.4, 0.5) is 0 Å². The van der Waals surface area contributed by atoms with Gasteiger partial charge in [-0.15, -0.1) is 0 Å². The molecule has 0 radical (unpaired) electrons. The summed E-state index contributed by atoms with van der Waals surface area (Å²) < 4.78 is 6.41. The largest absolute Gasteiger partial charge is 0.375 e. The molecule has 0 bridgehead atoms. The lowest BCUT2D eigenvalue weighted by atomic mass is 9.90. The molecule has 0 aromatic carbocycles. The molecule has 9 heteroatoms. The molecule has 2 amide bonds. The van der Waals surface area contributed by atoms with E-state index in [1.807, 2.05) is 31.7 Å². The van der Waals surface area contributed by atoms with Crippen molar-refractivity contribution >= 4 is 17.5 Å². The molecule has 31 heavy (non-hydrogen) atoms. The predicted octanol–water partition coefficient (Wildman–Crippen LogP) is 1.31. The molecule has 0 saturated carbocycles. The molecule has 2 aromatic rings. The van der Waals surface area contributed by atoms with E-state index in [2.05, 4.69) is 5.10 Å². The van der Waals surface area contributed by atoms with E-state index in [1.54, 1.807) is 4.90 Å². The molecular weight excluding hydrogens is 398 g/mol. The van der Waals surface area contributed by atoms with Gasteiger partial charge < -0.3 is 14.5 Å². The van der Waals surface area contributed by atoms with Crippen molar-refractivity contribution in [2.75, 3.05) is 33.4 Å². The molecule has 9 nitrogen and oxygen atoms in total. The monoisotopic (exact) mass is 429 g/mol. The molecule has 1 fully saturated rings. The van der Waals surface area contributed by atoms with Crippen LogP contribution in [0, 0.1) is 5.41 Å². The standard InChI is InChI=1S/C22H31N5O4/c1-22(2,3)21(30)26-8-5-6-14(11-26)17-10-18-23-16-7-9-25(19(28)13-31-4)12-15(16)20(29)27(18)24-17/h10,14,24H,5-9,11-13H2,1-4H3/t14-/m1/s1. The Kier molecular flexibility index (Phi) is 5.63. The average Bonchev–Trinajstić information content (AvgIpc) is 3.17. The number of likely N-dealkylation sites (tertiary alicyclic amines) is 1. The van der Waals surface area contributed by atoms with Gasteiger partial charge in [-0.1, -0.05) is 20.8 Å². The number of hydrogen-bond acceptors (Lipinski definition) is 5. The summed E-state index contributed by atoms with van der Waals surface area (Å²) in [5.41, 5.74) is 2.24. The van der Waals surface area contributed by atoms with Crippen LogP contribution in [0.5, 0.6) is 0 Å². The number of nitrogens with one attached hydrogen (secondary N) is 1. The Bertz CT molecular complexity index is 1060. The number of aromatic nitrogens is 3. The van der Waals surface area contributed by atoms with Crippen molar-refractivity contribution in [2.24, 2.45) is 5.41 Å². The normalized spacial score (nSPS) is 19.5. The van der Waals surface area contributed by atoms with Crippen LogP contribution in [0.15, 0.2) is 10.9 Å². The third-order valence-electron chi connectivity index (χ3n) is 6.19. The van der Waals surface area contributed by atoms with Crippen LogP contribution in [0.3, 0.4) is 0 Å². The van der Waals surface area contributed by atoms with E-state index in [9.17, 15) is 14.4 Å². The van der Waals surface area contributed by atoms with Gasteiger partial charge >= 0.3 is 0 Å². The van der Waals surface area contributed by atoms with Gasteiger partial charge in [-0.05, 0) is 12.8 Å². The molecule has 168 valence electrons. The molecule has 4 heterocycles. The summed E-state index contributed by atoms with van der Waals surface area (Å²) in [5.74, 6) is 0.161. The quantitative estimate of drug-likeness (QED) is 0.793. The van der Waals surface area contributed by atoms with E-state index in [0.717, 1.165) is 30.8 Å². The number of H-pyrrole nitrogens is 1. The van der Waals surface area contributed by atoms with Crippen LogP contribution in [-0.2, 0) is 27.3 Å². The number of carbonyl (C=O) groups excluding carboxylic acids is 2. The number of carbonyl (C=O) groups is 2. The van der Waals surface area contributed by atoms with E-state index in [4.69, 9.17) is 9.72 Å². The van der Waals surface area contributed by atoms with E-state index in [1.165, 1.54) is 11.6 Å². The fraction of sp³-hybridized carbons (Fsp3) is 0.636. The first-order valence-electron chi connectivity index (χ1n) is 10.9. The number of fused-ring (bicyclic) bond motifs is 2. The van der Waals surface area contributed by atoms with Gasteiger partial charge in [0.05, 0.1) is 17.8 Å². The highest BCUT2D eigenvalue weighted by Gasteiger charge is 2.32. The molecule has 0 unspecified atom stereocenters. The number of aromatic amines is 1. The van der Waals surface area contributed by atoms with Crippen molar-refractivity contribution in [1.29, 1.82) is 0 Å². The van der Waals surface area contributed by atoms with Gasteiger partial charge in [0.15, 0.2) is 5.65 Å². The van der Waals surface area contributed by atoms with Crippen LogP contribution in [0.25, 0.3) is 5.65 Å². The molecular formula is C22H31N5O4. The maximum Gasteiger partial charge on any atom is 0.277 e. The second-order valence-corrected chi connectivity index (χ2v) is 9.59. The Labute approximate surface area is 181 Å². The van der Waals surface area contributed by atoms with Gasteiger partial charge in [0.2, 0.25) is 11.8 Å². The second kappa shape index (κ2) is 8.11.